The van der Waals surface area contributed by atoms with Gasteiger partial charge in [0.25, 0.3) is 5.91 Å². The van der Waals surface area contributed by atoms with Gasteiger partial charge in [-0.05, 0) is 19.4 Å². The Bertz CT molecular complexity index is 379. The first kappa shape index (κ1) is 12.3. The van der Waals surface area contributed by atoms with Gasteiger partial charge in [-0.3, -0.25) is 4.79 Å². The average Bonchev–Trinajstić information content (AvgIpc) is 2.20. The Hall–Kier alpha value is -1.78. The number of carbonyl (C=O) groups is 1. The van der Waals surface area contributed by atoms with E-state index in [-0.39, 0.29) is 17.5 Å². The predicted molar refractivity (Wildman–Crippen MR) is 62.2 cm³/mol. The number of nitrogens with two attached hydrogens (primary N) is 2. The molecule has 1 aromatic heterocycles. The van der Waals surface area contributed by atoms with E-state index in [2.05, 4.69) is 11.9 Å². The van der Waals surface area contributed by atoms with Crippen LogP contribution in [0.3, 0.4) is 0 Å². The van der Waals surface area contributed by atoms with E-state index in [9.17, 15) is 4.79 Å². The Balaban J connectivity index is 2.90. The summed E-state index contributed by atoms with van der Waals surface area (Å²) in [5.74, 6) is -0.332. The number of amides is 1. The summed E-state index contributed by atoms with van der Waals surface area (Å²) in [7, 11) is 0. The molecule has 0 saturated carbocycles. The first-order chi connectivity index (χ1) is 7.54. The molecule has 0 radical (unpaired) electrons. The molecular weight excluding hydrogens is 206 g/mol. The van der Waals surface area contributed by atoms with Crippen LogP contribution in [0.1, 0.15) is 37.0 Å². The molecule has 0 spiro atoms. The maximum atomic E-state index is 11.2. The number of nitrogen functional groups attached to an aromatic ring is 1. The van der Waals surface area contributed by atoms with Crippen LogP contribution in [0, 0.1) is 0 Å². The van der Waals surface area contributed by atoms with Crippen molar-refractivity contribution in [3.63, 3.8) is 0 Å². The molecule has 88 valence electrons. The maximum absolute atomic E-state index is 11.2. The molecule has 1 unspecified atom stereocenters. The molecule has 0 saturated heterocycles. The fourth-order valence-electron chi connectivity index (χ4n) is 1.39. The predicted octanol–water partition coefficient (Wildman–Crippen LogP) is 1.33. The highest BCUT2D eigenvalue weighted by molar-refractivity contribution is 5.95. The van der Waals surface area contributed by atoms with Gasteiger partial charge in [-0.15, -0.1) is 0 Å². The molecule has 0 aliphatic heterocycles. The first-order valence-corrected chi connectivity index (χ1v) is 5.26. The molecule has 1 aromatic rings. The number of pyridine rings is 1. The molecule has 1 atom stereocenters. The number of ether oxygens (including phenoxy) is 1. The molecule has 1 rings (SSSR count). The smallest absolute Gasteiger partial charge is 0.254 e. The van der Waals surface area contributed by atoms with Crippen LogP contribution in [0.15, 0.2) is 12.3 Å². The lowest BCUT2D eigenvalue weighted by Gasteiger charge is -2.14. The number of carbonyl (C=O) groups excluding carboxylic acids is 1. The fraction of sp³-hybridized carbons (Fsp3) is 0.455. The van der Waals surface area contributed by atoms with Crippen LogP contribution >= 0.6 is 0 Å². The third-order valence-corrected chi connectivity index (χ3v) is 2.15. The Morgan fingerprint density at radius 1 is 1.62 bits per heavy atom. The highest BCUT2D eigenvalue weighted by atomic mass is 16.5. The summed E-state index contributed by atoms with van der Waals surface area (Å²) < 4.78 is 5.53. The fourth-order valence-corrected chi connectivity index (χ4v) is 1.39. The molecule has 4 N–H and O–H groups in total. The van der Waals surface area contributed by atoms with E-state index in [1.807, 2.05) is 6.92 Å². The third-order valence-electron chi connectivity index (χ3n) is 2.15. The van der Waals surface area contributed by atoms with Gasteiger partial charge in [0.1, 0.15) is 5.56 Å². The molecule has 5 heteroatoms. The van der Waals surface area contributed by atoms with Gasteiger partial charge in [0.2, 0.25) is 5.88 Å². The molecule has 0 aromatic carbocycles. The summed E-state index contributed by atoms with van der Waals surface area (Å²) in [6, 6.07) is 1.48. The van der Waals surface area contributed by atoms with Gasteiger partial charge in [0.15, 0.2) is 0 Å². The van der Waals surface area contributed by atoms with Crippen molar-refractivity contribution in [2.24, 2.45) is 5.73 Å². The standard InChI is InChI=1S/C11H17N3O2/c1-3-4-7(2)16-11-9(10(13)15)5-8(12)6-14-11/h5-7H,3-4,12H2,1-2H3,(H2,13,15). The lowest BCUT2D eigenvalue weighted by atomic mass is 10.2. The molecule has 1 heterocycles. The second-order valence-corrected chi connectivity index (χ2v) is 3.70. The zero-order chi connectivity index (χ0) is 12.1. The molecule has 0 bridgehead atoms. The van der Waals surface area contributed by atoms with E-state index in [0.29, 0.717) is 5.69 Å². The van der Waals surface area contributed by atoms with Gasteiger partial charge < -0.3 is 16.2 Å². The van der Waals surface area contributed by atoms with E-state index in [1.165, 1.54) is 12.3 Å². The first-order valence-electron chi connectivity index (χ1n) is 5.26. The van der Waals surface area contributed by atoms with Gasteiger partial charge in [-0.25, -0.2) is 4.98 Å². The Labute approximate surface area is 94.8 Å². The Morgan fingerprint density at radius 3 is 2.88 bits per heavy atom. The van der Waals surface area contributed by atoms with E-state index >= 15 is 0 Å². The molecule has 5 nitrogen and oxygen atoms in total. The maximum Gasteiger partial charge on any atom is 0.254 e. The number of hydrogen-bond acceptors (Lipinski definition) is 4. The van der Waals surface area contributed by atoms with Gasteiger partial charge in [0, 0.05) is 0 Å². The second-order valence-electron chi connectivity index (χ2n) is 3.70. The summed E-state index contributed by atoms with van der Waals surface area (Å²) in [5, 5.41) is 0. The highest BCUT2D eigenvalue weighted by Gasteiger charge is 2.13. The van der Waals surface area contributed by atoms with Crippen LogP contribution in [0.5, 0.6) is 5.88 Å². The highest BCUT2D eigenvalue weighted by Crippen LogP contribution is 2.19. The van der Waals surface area contributed by atoms with Crippen molar-refractivity contribution in [1.82, 2.24) is 4.98 Å². The van der Waals surface area contributed by atoms with Crippen LogP contribution in [-0.4, -0.2) is 17.0 Å². The van der Waals surface area contributed by atoms with Crippen molar-refractivity contribution in [3.05, 3.63) is 17.8 Å². The summed E-state index contributed by atoms with van der Waals surface area (Å²) in [6.45, 7) is 3.98. The zero-order valence-corrected chi connectivity index (χ0v) is 9.56. The largest absolute Gasteiger partial charge is 0.474 e. The summed E-state index contributed by atoms with van der Waals surface area (Å²) in [5.41, 5.74) is 11.4. The van der Waals surface area contributed by atoms with Crippen molar-refractivity contribution in [2.75, 3.05) is 5.73 Å². The minimum Gasteiger partial charge on any atom is -0.474 e. The summed E-state index contributed by atoms with van der Waals surface area (Å²) in [4.78, 5) is 15.1. The molecule has 0 aliphatic rings. The van der Waals surface area contributed by atoms with E-state index in [0.717, 1.165) is 12.8 Å². The minimum atomic E-state index is -0.585. The summed E-state index contributed by atoms with van der Waals surface area (Å²) >= 11 is 0. The van der Waals surface area contributed by atoms with Crippen LogP contribution in [0.2, 0.25) is 0 Å². The quantitative estimate of drug-likeness (QED) is 0.787. The number of primary amides is 1. The second kappa shape index (κ2) is 5.34. The average molecular weight is 223 g/mol. The number of rotatable bonds is 5. The molecule has 16 heavy (non-hydrogen) atoms. The van der Waals surface area contributed by atoms with Crippen molar-refractivity contribution < 1.29 is 9.53 Å². The van der Waals surface area contributed by atoms with Gasteiger partial charge in [0.05, 0.1) is 18.0 Å². The number of anilines is 1. The lowest BCUT2D eigenvalue weighted by Crippen LogP contribution is -2.18. The van der Waals surface area contributed by atoms with Gasteiger partial charge in [-0.2, -0.15) is 0 Å². The molecular formula is C11H17N3O2. The van der Waals surface area contributed by atoms with Crippen molar-refractivity contribution in [1.29, 1.82) is 0 Å². The lowest BCUT2D eigenvalue weighted by molar-refractivity contribution is 0.0991. The van der Waals surface area contributed by atoms with E-state index in [1.54, 1.807) is 0 Å². The molecule has 0 aliphatic carbocycles. The minimum absolute atomic E-state index is 0.000718. The molecule has 1 amide bonds. The number of aromatic nitrogens is 1. The topological polar surface area (TPSA) is 91.2 Å². The Kier molecular flexibility index (Phi) is 4.10. The van der Waals surface area contributed by atoms with E-state index < -0.39 is 5.91 Å². The van der Waals surface area contributed by atoms with Crippen LogP contribution < -0.4 is 16.2 Å². The van der Waals surface area contributed by atoms with Crippen LogP contribution in [-0.2, 0) is 0 Å². The summed E-state index contributed by atoms with van der Waals surface area (Å²) in [6.07, 6.45) is 3.34. The third kappa shape index (κ3) is 3.12. The normalized spacial score (nSPS) is 12.1. The number of hydrogen-bond donors (Lipinski definition) is 2. The van der Waals surface area contributed by atoms with Crippen molar-refractivity contribution in [2.45, 2.75) is 32.8 Å². The Morgan fingerprint density at radius 2 is 2.31 bits per heavy atom. The molecule has 0 fully saturated rings. The monoisotopic (exact) mass is 223 g/mol. The van der Waals surface area contributed by atoms with Crippen LogP contribution in [0.25, 0.3) is 0 Å². The van der Waals surface area contributed by atoms with E-state index in [4.69, 9.17) is 16.2 Å². The van der Waals surface area contributed by atoms with Gasteiger partial charge >= 0.3 is 0 Å². The zero-order valence-electron chi connectivity index (χ0n) is 9.56. The van der Waals surface area contributed by atoms with Crippen molar-refractivity contribution in [3.8, 4) is 5.88 Å². The number of nitrogens with zero attached hydrogens (tertiary/aromatic N) is 1. The SMILES string of the molecule is CCCC(C)Oc1ncc(N)cc1C(N)=O. The van der Waals surface area contributed by atoms with Crippen LogP contribution in [0.4, 0.5) is 5.69 Å². The van der Waals surface area contributed by atoms with Gasteiger partial charge in [-0.1, -0.05) is 13.3 Å². The van der Waals surface area contributed by atoms with Crippen molar-refractivity contribution >= 4 is 11.6 Å².